The van der Waals surface area contributed by atoms with Gasteiger partial charge in [-0.25, -0.2) is 9.37 Å². The van der Waals surface area contributed by atoms with E-state index in [9.17, 15) is 18.0 Å². The highest BCUT2D eigenvalue weighted by molar-refractivity contribution is 5.92. The van der Waals surface area contributed by atoms with Crippen LogP contribution in [0.15, 0.2) is 42.5 Å². The number of benzene rings is 2. The Balaban J connectivity index is 1.80. The smallest absolute Gasteiger partial charge is 0.387 e. The molecule has 0 radical (unpaired) electrons. The quantitative estimate of drug-likeness (QED) is 0.598. The van der Waals surface area contributed by atoms with Crippen LogP contribution in [0.1, 0.15) is 19.8 Å². The van der Waals surface area contributed by atoms with Crippen molar-refractivity contribution in [2.75, 3.05) is 10.6 Å². The standard InChI is InChI=1S/C21H18F3N3O2/c1-11(28)25-18-8-5-12-9-13(10-16(22)19(12)27-18)15-3-2-4-17(26-14-6-7-14)20(15)29-21(23)24/h2-5,8-10,14,21,26H,6-7H2,1H3,(H,25,27,28). The Morgan fingerprint density at radius 3 is 2.69 bits per heavy atom. The minimum Gasteiger partial charge on any atom is -0.432 e. The summed E-state index contributed by atoms with van der Waals surface area (Å²) in [6, 6.07) is 11.2. The van der Waals surface area contributed by atoms with Gasteiger partial charge in [-0.15, -0.1) is 0 Å². The van der Waals surface area contributed by atoms with Gasteiger partial charge in [0, 0.05) is 23.9 Å². The van der Waals surface area contributed by atoms with E-state index in [1.54, 1.807) is 36.4 Å². The molecule has 0 aliphatic heterocycles. The molecule has 1 aliphatic rings. The summed E-state index contributed by atoms with van der Waals surface area (Å²) in [6.45, 7) is -1.68. The third-order valence-electron chi connectivity index (χ3n) is 4.52. The van der Waals surface area contributed by atoms with Gasteiger partial charge in [-0.3, -0.25) is 4.79 Å². The van der Waals surface area contributed by atoms with Crippen molar-refractivity contribution in [2.45, 2.75) is 32.4 Å². The normalized spacial score (nSPS) is 13.6. The molecule has 1 saturated carbocycles. The third-order valence-corrected chi connectivity index (χ3v) is 4.52. The number of carbonyl (C=O) groups is 1. The van der Waals surface area contributed by atoms with Crippen LogP contribution in [-0.4, -0.2) is 23.5 Å². The zero-order valence-electron chi connectivity index (χ0n) is 15.5. The summed E-state index contributed by atoms with van der Waals surface area (Å²) in [5, 5.41) is 6.15. The highest BCUT2D eigenvalue weighted by atomic mass is 19.3. The molecule has 4 rings (SSSR count). The minimum absolute atomic E-state index is 0.0176. The lowest BCUT2D eigenvalue weighted by Gasteiger charge is -2.17. The van der Waals surface area contributed by atoms with Crippen molar-refractivity contribution in [3.63, 3.8) is 0 Å². The molecule has 150 valence electrons. The van der Waals surface area contributed by atoms with Gasteiger partial charge in [0.15, 0.2) is 5.75 Å². The summed E-state index contributed by atoms with van der Waals surface area (Å²) in [4.78, 5) is 15.3. The summed E-state index contributed by atoms with van der Waals surface area (Å²) in [6.07, 6.45) is 1.93. The maximum absolute atomic E-state index is 14.8. The van der Waals surface area contributed by atoms with Crippen molar-refractivity contribution in [1.82, 2.24) is 4.98 Å². The van der Waals surface area contributed by atoms with Gasteiger partial charge in [-0.1, -0.05) is 12.1 Å². The van der Waals surface area contributed by atoms with E-state index in [0.717, 1.165) is 12.8 Å². The molecule has 1 amide bonds. The molecule has 2 aromatic carbocycles. The number of para-hydroxylation sites is 1. The first-order chi connectivity index (χ1) is 13.9. The molecule has 3 aromatic rings. The summed E-state index contributed by atoms with van der Waals surface area (Å²) >= 11 is 0. The highest BCUT2D eigenvalue weighted by Crippen LogP contribution is 2.41. The van der Waals surface area contributed by atoms with Crippen LogP contribution in [0, 0.1) is 5.82 Å². The maximum Gasteiger partial charge on any atom is 0.387 e. The van der Waals surface area contributed by atoms with Crippen LogP contribution >= 0.6 is 0 Å². The molecule has 1 aliphatic carbocycles. The first-order valence-corrected chi connectivity index (χ1v) is 9.13. The molecule has 2 N–H and O–H groups in total. The predicted molar refractivity (Wildman–Crippen MR) is 105 cm³/mol. The molecule has 8 heteroatoms. The van der Waals surface area contributed by atoms with E-state index in [-0.39, 0.29) is 29.0 Å². The van der Waals surface area contributed by atoms with Gasteiger partial charge in [-0.05, 0) is 48.7 Å². The molecule has 0 saturated heterocycles. The van der Waals surface area contributed by atoms with Gasteiger partial charge < -0.3 is 15.4 Å². The van der Waals surface area contributed by atoms with Crippen LogP contribution in [0.5, 0.6) is 5.75 Å². The molecule has 1 aromatic heterocycles. The number of fused-ring (bicyclic) bond motifs is 1. The fourth-order valence-electron chi connectivity index (χ4n) is 3.14. The van der Waals surface area contributed by atoms with E-state index in [0.29, 0.717) is 22.2 Å². The predicted octanol–water partition coefficient (Wildman–Crippen LogP) is 5.18. The SMILES string of the molecule is CC(=O)Nc1ccc2cc(-c3cccc(NC4CC4)c3OC(F)F)cc(F)c2n1. The molecule has 1 heterocycles. The second-order valence-electron chi connectivity index (χ2n) is 6.89. The van der Waals surface area contributed by atoms with Gasteiger partial charge in [0.25, 0.3) is 0 Å². The van der Waals surface area contributed by atoms with E-state index in [1.807, 2.05) is 0 Å². The maximum atomic E-state index is 14.8. The number of nitrogens with one attached hydrogen (secondary N) is 2. The van der Waals surface area contributed by atoms with Gasteiger partial charge in [0.1, 0.15) is 17.2 Å². The topological polar surface area (TPSA) is 63.2 Å². The van der Waals surface area contributed by atoms with Crippen molar-refractivity contribution in [3.8, 4) is 16.9 Å². The van der Waals surface area contributed by atoms with E-state index in [2.05, 4.69) is 15.6 Å². The van der Waals surface area contributed by atoms with Gasteiger partial charge in [-0.2, -0.15) is 8.78 Å². The van der Waals surface area contributed by atoms with Crippen molar-refractivity contribution >= 4 is 28.3 Å². The Bertz CT molecular complexity index is 1080. The number of alkyl halides is 2. The average Bonchev–Trinajstić information content (AvgIpc) is 3.47. The summed E-state index contributed by atoms with van der Waals surface area (Å²) in [5.74, 6) is -0.735. The van der Waals surface area contributed by atoms with Gasteiger partial charge in [0.05, 0.1) is 5.69 Å². The number of anilines is 2. The van der Waals surface area contributed by atoms with Gasteiger partial charge >= 0.3 is 6.61 Å². The zero-order valence-corrected chi connectivity index (χ0v) is 15.5. The van der Waals surface area contributed by atoms with Crippen molar-refractivity contribution in [2.24, 2.45) is 0 Å². The number of nitrogens with zero attached hydrogens (tertiary/aromatic N) is 1. The monoisotopic (exact) mass is 401 g/mol. The number of halogens is 3. The van der Waals surface area contributed by atoms with E-state index in [1.165, 1.54) is 13.0 Å². The highest BCUT2D eigenvalue weighted by Gasteiger charge is 2.24. The van der Waals surface area contributed by atoms with Crippen LogP contribution in [0.2, 0.25) is 0 Å². The number of rotatable bonds is 6. The summed E-state index contributed by atoms with van der Waals surface area (Å²) in [7, 11) is 0. The number of pyridine rings is 1. The fraction of sp³-hybridized carbons (Fsp3) is 0.238. The van der Waals surface area contributed by atoms with Crippen LogP contribution in [-0.2, 0) is 4.79 Å². The second-order valence-corrected chi connectivity index (χ2v) is 6.89. The molecule has 0 spiro atoms. The Kier molecular flexibility index (Phi) is 5.00. The van der Waals surface area contributed by atoms with Crippen molar-refractivity contribution < 1.29 is 22.7 Å². The van der Waals surface area contributed by atoms with Crippen LogP contribution in [0.4, 0.5) is 24.7 Å². The lowest BCUT2D eigenvalue weighted by atomic mass is 10.0. The number of hydrogen-bond acceptors (Lipinski definition) is 4. The molecule has 0 atom stereocenters. The Morgan fingerprint density at radius 1 is 1.21 bits per heavy atom. The molecular weight excluding hydrogens is 383 g/mol. The first-order valence-electron chi connectivity index (χ1n) is 9.13. The van der Waals surface area contributed by atoms with Crippen molar-refractivity contribution in [1.29, 1.82) is 0 Å². The van der Waals surface area contributed by atoms with Crippen molar-refractivity contribution in [3.05, 3.63) is 48.3 Å². The molecule has 5 nitrogen and oxygen atoms in total. The largest absolute Gasteiger partial charge is 0.432 e. The first kappa shape index (κ1) is 19.0. The molecule has 0 bridgehead atoms. The Morgan fingerprint density at radius 2 is 2.00 bits per heavy atom. The lowest BCUT2D eigenvalue weighted by molar-refractivity contribution is -0.114. The number of ether oxygens (including phenoxy) is 1. The molecule has 0 unspecified atom stereocenters. The lowest BCUT2D eigenvalue weighted by Crippen LogP contribution is -2.09. The summed E-state index contributed by atoms with van der Waals surface area (Å²) < 4.78 is 45.7. The van der Waals surface area contributed by atoms with Crippen LogP contribution < -0.4 is 15.4 Å². The third kappa shape index (κ3) is 4.26. The molecule has 1 fully saturated rings. The van der Waals surface area contributed by atoms with Crippen LogP contribution in [0.25, 0.3) is 22.0 Å². The Labute approximate surface area is 164 Å². The number of hydrogen-bond donors (Lipinski definition) is 2. The second kappa shape index (κ2) is 7.62. The molecular formula is C21H18F3N3O2. The Hall–Kier alpha value is -3.29. The minimum atomic E-state index is -3.01. The fourth-order valence-corrected chi connectivity index (χ4v) is 3.14. The van der Waals surface area contributed by atoms with E-state index in [4.69, 9.17) is 4.74 Å². The van der Waals surface area contributed by atoms with Crippen LogP contribution in [0.3, 0.4) is 0 Å². The van der Waals surface area contributed by atoms with E-state index >= 15 is 0 Å². The number of amides is 1. The number of aromatic nitrogens is 1. The van der Waals surface area contributed by atoms with Gasteiger partial charge in [0.2, 0.25) is 5.91 Å². The number of carbonyl (C=O) groups excluding carboxylic acids is 1. The zero-order chi connectivity index (χ0) is 20.5. The molecule has 29 heavy (non-hydrogen) atoms. The average molecular weight is 401 g/mol. The van der Waals surface area contributed by atoms with E-state index < -0.39 is 12.4 Å². The summed E-state index contributed by atoms with van der Waals surface area (Å²) in [5.41, 5.74) is 1.26.